The van der Waals surface area contributed by atoms with Crippen LogP contribution in [0.15, 0.2) is 85.1 Å². The van der Waals surface area contributed by atoms with Crippen LogP contribution in [0.25, 0.3) is 11.3 Å². The van der Waals surface area contributed by atoms with E-state index in [0.717, 1.165) is 34.9 Å². The number of rotatable bonds is 5. The van der Waals surface area contributed by atoms with Gasteiger partial charge < -0.3 is 14.5 Å². The Morgan fingerprint density at radius 2 is 1.54 bits per heavy atom. The van der Waals surface area contributed by atoms with Crippen molar-refractivity contribution in [3.63, 3.8) is 0 Å². The molecule has 0 bridgehead atoms. The zero-order valence-corrected chi connectivity index (χ0v) is 18.8. The van der Waals surface area contributed by atoms with Crippen LogP contribution in [0.4, 0.5) is 14.7 Å². The molecule has 176 valence electrons. The Kier molecular flexibility index (Phi) is 6.34. The van der Waals surface area contributed by atoms with E-state index in [9.17, 15) is 13.6 Å². The third-order valence-corrected chi connectivity index (χ3v) is 5.78. The first-order valence-electron chi connectivity index (χ1n) is 11.2. The van der Waals surface area contributed by atoms with Gasteiger partial charge in [0.05, 0.1) is 11.3 Å². The van der Waals surface area contributed by atoms with Crippen LogP contribution in [-0.4, -0.2) is 47.0 Å². The van der Waals surface area contributed by atoms with E-state index in [4.69, 9.17) is 9.72 Å². The van der Waals surface area contributed by atoms with Gasteiger partial charge in [0.2, 0.25) is 5.95 Å². The number of carbonyl (C=O) groups is 1. The summed E-state index contributed by atoms with van der Waals surface area (Å²) < 4.78 is 33.0. The summed E-state index contributed by atoms with van der Waals surface area (Å²) in [6, 6.07) is 22.1. The number of benzene rings is 3. The van der Waals surface area contributed by atoms with Crippen molar-refractivity contribution in [2.75, 3.05) is 31.1 Å². The smallest absolute Gasteiger partial charge is 0.256 e. The molecule has 0 saturated carbocycles. The molecule has 4 aromatic rings. The predicted octanol–water partition coefficient (Wildman–Crippen LogP) is 5.18. The molecule has 0 atom stereocenters. The monoisotopic (exact) mass is 472 g/mol. The molecular weight excluding hydrogens is 450 g/mol. The summed E-state index contributed by atoms with van der Waals surface area (Å²) in [5, 5.41) is 0. The van der Waals surface area contributed by atoms with Crippen molar-refractivity contribution in [1.82, 2.24) is 14.9 Å². The number of anilines is 1. The Hall–Kier alpha value is -4.33. The Morgan fingerprint density at radius 1 is 0.829 bits per heavy atom. The fourth-order valence-electron chi connectivity index (χ4n) is 3.92. The third kappa shape index (κ3) is 5.11. The molecule has 1 aliphatic heterocycles. The van der Waals surface area contributed by atoms with Gasteiger partial charge >= 0.3 is 0 Å². The minimum atomic E-state index is -0.853. The molecule has 1 aliphatic rings. The van der Waals surface area contributed by atoms with Crippen molar-refractivity contribution in [3.8, 4) is 22.8 Å². The van der Waals surface area contributed by atoms with Gasteiger partial charge in [-0.25, -0.2) is 18.7 Å². The maximum atomic E-state index is 14.0. The Bertz CT molecular complexity index is 1320. The van der Waals surface area contributed by atoms with Gasteiger partial charge in [-0.1, -0.05) is 18.2 Å². The highest BCUT2D eigenvalue weighted by Crippen LogP contribution is 2.26. The molecule has 1 saturated heterocycles. The van der Waals surface area contributed by atoms with Crippen LogP contribution in [0, 0.1) is 11.6 Å². The Labute approximate surface area is 201 Å². The van der Waals surface area contributed by atoms with Gasteiger partial charge in [-0.05, 0) is 54.6 Å². The van der Waals surface area contributed by atoms with E-state index >= 15 is 0 Å². The minimum absolute atomic E-state index is 0.127. The van der Waals surface area contributed by atoms with Crippen molar-refractivity contribution in [2.24, 2.45) is 0 Å². The zero-order chi connectivity index (χ0) is 24.2. The molecule has 35 heavy (non-hydrogen) atoms. The molecule has 0 N–H and O–H groups in total. The van der Waals surface area contributed by atoms with E-state index in [1.54, 1.807) is 11.1 Å². The van der Waals surface area contributed by atoms with Gasteiger partial charge in [0.25, 0.3) is 5.91 Å². The number of para-hydroxylation sites is 1. The number of halogens is 2. The lowest BCUT2D eigenvalue weighted by molar-refractivity contribution is 0.0741. The van der Waals surface area contributed by atoms with Gasteiger partial charge in [0.1, 0.15) is 23.1 Å². The van der Waals surface area contributed by atoms with Crippen molar-refractivity contribution in [1.29, 1.82) is 0 Å². The average molecular weight is 472 g/mol. The molecule has 1 fully saturated rings. The summed E-state index contributed by atoms with van der Waals surface area (Å²) in [7, 11) is 0. The largest absolute Gasteiger partial charge is 0.457 e. The molecule has 5 rings (SSSR count). The first-order valence-corrected chi connectivity index (χ1v) is 11.2. The lowest BCUT2D eigenvalue weighted by Gasteiger charge is -2.34. The van der Waals surface area contributed by atoms with Crippen LogP contribution in [0.1, 0.15) is 10.4 Å². The first-order chi connectivity index (χ1) is 17.1. The summed E-state index contributed by atoms with van der Waals surface area (Å²) in [5.74, 6) is 0.0479. The molecule has 0 spiro atoms. The normalized spacial score (nSPS) is 13.5. The fraction of sp³-hybridized carbons (Fsp3) is 0.148. The highest BCUT2D eigenvalue weighted by molar-refractivity contribution is 5.94. The predicted molar refractivity (Wildman–Crippen MR) is 128 cm³/mol. The van der Waals surface area contributed by atoms with E-state index in [1.807, 2.05) is 65.6 Å². The maximum Gasteiger partial charge on any atom is 0.256 e. The number of piperazine rings is 1. The van der Waals surface area contributed by atoms with Crippen molar-refractivity contribution < 1.29 is 18.3 Å². The van der Waals surface area contributed by atoms with Crippen LogP contribution in [0.5, 0.6) is 11.5 Å². The van der Waals surface area contributed by atoms with E-state index in [1.165, 1.54) is 6.07 Å². The molecule has 8 heteroatoms. The highest BCUT2D eigenvalue weighted by atomic mass is 19.1. The molecule has 3 aromatic carbocycles. The molecule has 1 amide bonds. The fourth-order valence-corrected chi connectivity index (χ4v) is 3.92. The number of hydrogen-bond acceptors (Lipinski definition) is 5. The number of amides is 1. The number of aromatic nitrogens is 2. The number of carbonyl (C=O) groups excluding carboxylic acids is 1. The van der Waals surface area contributed by atoms with Crippen LogP contribution in [-0.2, 0) is 0 Å². The molecule has 0 aliphatic carbocycles. The van der Waals surface area contributed by atoms with Crippen LogP contribution >= 0.6 is 0 Å². The molecule has 2 heterocycles. The second-order valence-corrected chi connectivity index (χ2v) is 8.08. The lowest BCUT2D eigenvalue weighted by atomic mass is 10.1. The summed E-state index contributed by atoms with van der Waals surface area (Å²) in [5.41, 5.74) is 1.57. The topological polar surface area (TPSA) is 58.6 Å². The van der Waals surface area contributed by atoms with Crippen molar-refractivity contribution >= 4 is 11.9 Å². The zero-order valence-electron chi connectivity index (χ0n) is 18.8. The average Bonchev–Trinajstić information content (AvgIpc) is 2.90. The highest BCUT2D eigenvalue weighted by Gasteiger charge is 2.25. The van der Waals surface area contributed by atoms with E-state index in [2.05, 4.69) is 4.98 Å². The number of nitrogens with zero attached hydrogens (tertiary/aromatic N) is 4. The molecule has 0 unspecified atom stereocenters. The Balaban J connectivity index is 1.24. The van der Waals surface area contributed by atoms with Crippen LogP contribution < -0.4 is 9.64 Å². The summed E-state index contributed by atoms with van der Waals surface area (Å²) in [6.45, 7) is 1.77. The quantitative estimate of drug-likeness (QED) is 0.401. The van der Waals surface area contributed by atoms with Gasteiger partial charge in [0, 0.05) is 44.0 Å². The van der Waals surface area contributed by atoms with Gasteiger partial charge in [-0.3, -0.25) is 4.79 Å². The van der Waals surface area contributed by atoms with Crippen LogP contribution in [0.2, 0.25) is 0 Å². The summed E-state index contributed by atoms with van der Waals surface area (Å²) in [6.07, 6.45) is 1.71. The summed E-state index contributed by atoms with van der Waals surface area (Å²) >= 11 is 0. The van der Waals surface area contributed by atoms with Crippen molar-refractivity contribution in [3.05, 3.63) is 102 Å². The first kappa shape index (κ1) is 22.5. The molecular formula is C27H22F2N4O2. The summed E-state index contributed by atoms with van der Waals surface area (Å²) in [4.78, 5) is 25.3. The SMILES string of the molecule is O=C(c1ccc(F)cc1F)N1CCN(c2nccc(-c3ccc(Oc4ccccc4)cc3)n2)CC1. The second-order valence-electron chi connectivity index (χ2n) is 8.08. The molecule has 6 nitrogen and oxygen atoms in total. The minimum Gasteiger partial charge on any atom is -0.457 e. The lowest BCUT2D eigenvalue weighted by Crippen LogP contribution is -2.49. The van der Waals surface area contributed by atoms with Gasteiger partial charge in [-0.2, -0.15) is 0 Å². The van der Waals surface area contributed by atoms with Gasteiger partial charge in [0.15, 0.2) is 0 Å². The number of hydrogen-bond donors (Lipinski definition) is 0. The van der Waals surface area contributed by atoms with E-state index < -0.39 is 17.5 Å². The number of ether oxygens (including phenoxy) is 1. The maximum absolute atomic E-state index is 14.0. The molecule has 1 aromatic heterocycles. The molecule has 0 radical (unpaired) electrons. The Morgan fingerprint density at radius 3 is 2.26 bits per heavy atom. The standard InChI is InChI=1S/C27H22F2N4O2/c28-20-8-11-23(24(29)18-20)26(34)32-14-16-33(17-15-32)27-30-13-12-25(31-27)19-6-9-22(10-7-19)35-21-4-2-1-3-5-21/h1-13,18H,14-17H2. The van der Waals surface area contributed by atoms with E-state index in [0.29, 0.717) is 32.1 Å². The van der Waals surface area contributed by atoms with E-state index in [-0.39, 0.29) is 5.56 Å². The van der Waals surface area contributed by atoms with Crippen molar-refractivity contribution in [2.45, 2.75) is 0 Å². The second kappa shape index (κ2) is 9.89. The van der Waals surface area contributed by atoms with Gasteiger partial charge in [-0.15, -0.1) is 0 Å². The third-order valence-electron chi connectivity index (χ3n) is 5.78. The van der Waals surface area contributed by atoms with Crippen LogP contribution in [0.3, 0.4) is 0 Å².